The molecule has 1 saturated heterocycles. The summed E-state index contributed by atoms with van der Waals surface area (Å²) in [6.07, 6.45) is 1.32. The summed E-state index contributed by atoms with van der Waals surface area (Å²) in [6.45, 7) is 0. The number of amides is 2. The zero-order valence-corrected chi connectivity index (χ0v) is 16.3. The second kappa shape index (κ2) is 7.40. The summed E-state index contributed by atoms with van der Waals surface area (Å²) in [4.78, 5) is 36.3. The Morgan fingerprint density at radius 3 is 2.62 bits per heavy atom. The number of furan rings is 1. The summed E-state index contributed by atoms with van der Waals surface area (Å²) in [5.74, 6) is -1.90. The van der Waals surface area contributed by atoms with E-state index in [2.05, 4.69) is 21.4 Å². The molecule has 0 saturated carbocycles. The highest BCUT2D eigenvalue weighted by Crippen LogP contribution is 2.28. The minimum absolute atomic E-state index is 0.0171. The molecule has 29 heavy (non-hydrogen) atoms. The molecule has 8 heteroatoms. The van der Waals surface area contributed by atoms with Crippen molar-refractivity contribution in [1.29, 1.82) is 0 Å². The fraction of sp³-hybridized carbons (Fsp3) is 0. The van der Waals surface area contributed by atoms with Crippen LogP contribution in [0.5, 0.6) is 0 Å². The van der Waals surface area contributed by atoms with Gasteiger partial charge in [-0.2, -0.15) is 0 Å². The molecule has 1 aromatic heterocycles. The zero-order valence-electron chi connectivity index (χ0n) is 14.7. The van der Waals surface area contributed by atoms with E-state index in [9.17, 15) is 19.5 Å². The first-order valence-corrected chi connectivity index (χ1v) is 9.26. The Labute approximate surface area is 173 Å². The fourth-order valence-electron chi connectivity index (χ4n) is 2.95. The van der Waals surface area contributed by atoms with Crippen LogP contribution in [0.2, 0.25) is 0 Å². The Morgan fingerprint density at radius 1 is 1.07 bits per heavy atom. The third-order valence-electron chi connectivity index (χ3n) is 4.28. The van der Waals surface area contributed by atoms with Crippen LogP contribution in [0.1, 0.15) is 16.1 Å². The van der Waals surface area contributed by atoms with Gasteiger partial charge in [0.2, 0.25) is 0 Å². The predicted octanol–water partition coefficient (Wildman–Crippen LogP) is 2.53. The van der Waals surface area contributed by atoms with Gasteiger partial charge in [-0.05, 0) is 36.4 Å². The van der Waals surface area contributed by atoms with Gasteiger partial charge < -0.3 is 14.3 Å². The van der Waals surface area contributed by atoms with Crippen LogP contribution in [0.4, 0.5) is 5.69 Å². The Balaban J connectivity index is 1.65. The molecule has 0 atom stereocenters. The van der Waals surface area contributed by atoms with E-state index < -0.39 is 17.8 Å². The Hall–Kier alpha value is -3.65. The van der Waals surface area contributed by atoms with Crippen molar-refractivity contribution in [2.45, 2.75) is 0 Å². The smallest absolute Gasteiger partial charge is 0.282 e. The number of carbonyl (C=O) groups is 3. The molecule has 1 aliphatic heterocycles. The number of halogens is 1. The molecule has 1 fully saturated rings. The SMILES string of the molecule is O=C1NN(c2cccc(Br)c2)C(=O)/C1=C/c1ccc(-c2ccccc2C(=O)[O-])o1. The van der Waals surface area contributed by atoms with Crippen molar-refractivity contribution in [3.8, 4) is 11.3 Å². The second-order valence-electron chi connectivity index (χ2n) is 6.15. The third kappa shape index (κ3) is 3.57. The number of rotatable bonds is 4. The highest BCUT2D eigenvalue weighted by Gasteiger charge is 2.34. The van der Waals surface area contributed by atoms with Crippen molar-refractivity contribution in [2.75, 3.05) is 5.01 Å². The fourth-order valence-corrected chi connectivity index (χ4v) is 3.33. The summed E-state index contributed by atoms with van der Waals surface area (Å²) in [6, 6.07) is 16.3. The van der Waals surface area contributed by atoms with Gasteiger partial charge in [0.05, 0.1) is 11.7 Å². The first-order chi connectivity index (χ1) is 13.9. The van der Waals surface area contributed by atoms with E-state index in [-0.39, 0.29) is 22.7 Å². The van der Waals surface area contributed by atoms with Crippen molar-refractivity contribution in [1.82, 2.24) is 5.43 Å². The van der Waals surface area contributed by atoms with Gasteiger partial charge in [-0.25, -0.2) is 5.01 Å². The van der Waals surface area contributed by atoms with Crippen molar-refractivity contribution in [2.24, 2.45) is 0 Å². The highest BCUT2D eigenvalue weighted by molar-refractivity contribution is 9.10. The molecule has 3 aromatic rings. The van der Waals surface area contributed by atoms with Crippen LogP contribution >= 0.6 is 15.9 Å². The Bertz CT molecular complexity index is 1180. The maximum Gasteiger partial charge on any atom is 0.282 e. The van der Waals surface area contributed by atoms with Gasteiger partial charge >= 0.3 is 0 Å². The first kappa shape index (κ1) is 18.7. The molecule has 0 bridgehead atoms. The molecule has 0 radical (unpaired) electrons. The molecule has 0 spiro atoms. The highest BCUT2D eigenvalue weighted by atomic mass is 79.9. The van der Waals surface area contributed by atoms with Gasteiger partial charge in [-0.15, -0.1) is 0 Å². The molecular formula is C21H12BrN2O5-. The van der Waals surface area contributed by atoms with Crippen molar-refractivity contribution in [3.05, 3.63) is 82.0 Å². The molecule has 1 N–H and O–H groups in total. The lowest BCUT2D eigenvalue weighted by Gasteiger charge is -2.14. The molecule has 7 nitrogen and oxygen atoms in total. The topological polar surface area (TPSA) is 103 Å². The third-order valence-corrected chi connectivity index (χ3v) is 4.78. The summed E-state index contributed by atoms with van der Waals surface area (Å²) in [5, 5.41) is 12.4. The number of hydrogen-bond acceptors (Lipinski definition) is 5. The minimum atomic E-state index is -1.33. The van der Waals surface area contributed by atoms with E-state index in [1.807, 2.05) is 0 Å². The number of carboxylic acid groups (broad SMARTS) is 1. The van der Waals surface area contributed by atoms with E-state index in [4.69, 9.17) is 4.42 Å². The number of carboxylic acids is 1. The number of anilines is 1. The standard InChI is InChI=1S/C21H13BrN2O5/c22-12-4-3-5-13(10-12)24-20(26)17(19(25)23-24)11-14-8-9-18(29-14)15-6-1-2-7-16(15)21(27)28/h1-11H,(H,23,25)(H,27,28)/p-1/b17-11+. The maximum atomic E-state index is 12.7. The van der Waals surface area contributed by atoms with Crippen LogP contribution in [0.25, 0.3) is 17.4 Å². The number of nitrogens with one attached hydrogen (secondary N) is 1. The van der Waals surface area contributed by atoms with Crippen LogP contribution in [0.3, 0.4) is 0 Å². The molecule has 0 aliphatic carbocycles. The van der Waals surface area contributed by atoms with E-state index in [0.717, 1.165) is 9.48 Å². The number of hydrazine groups is 1. The lowest BCUT2D eigenvalue weighted by molar-refractivity contribution is -0.255. The van der Waals surface area contributed by atoms with E-state index >= 15 is 0 Å². The average Bonchev–Trinajstić information content (AvgIpc) is 3.28. The number of benzene rings is 2. The van der Waals surface area contributed by atoms with Crippen molar-refractivity contribution in [3.63, 3.8) is 0 Å². The maximum absolute atomic E-state index is 12.7. The summed E-state index contributed by atoms with van der Waals surface area (Å²) in [7, 11) is 0. The molecule has 2 heterocycles. The Morgan fingerprint density at radius 2 is 1.86 bits per heavy atom. The van der Waals surface area contributed by atoms with Crippen LogP contribution in [-0.2, 0) is 9.59 Å². The van der Waals surface area contributed by atoms with Gasteiger partial charge in [0.25, 0.3) is 11.8 Å². The summed E-state index contributed by atoms with van der Waals surface area (Å²) in [5.41, 5.74) is 3.24. The van der Waals surface area contributed by atoms with E-state index in [1.165, 1.54) is 12.1 Å². The number of hydrogen-bond donors (Lipinski definition) is 1. The normalized spacial score (nSPS) is 15.1. The molecular weight excluding hydrogens is 440 g/mol. The van der Waals surface area contributed by atoms with Crippen molar-refractivity contribution >= 4 is 45.5 Å². The molecule has 2 amide bonds. The lowest BCUT2D eigenvalue weighted by atomic mass is 10.1. The van der Waals surface area contributed by atoms with E-state index in [0.29, 0.717) is 11.3 Å². The van der Waals surface area contributed by atoms with Gasteiger partial charge in [0.15, 0.2) is 0 Å². The van der Waals surface area contributed by atoms with Crippen LogP contribution in [0.15, 0.2) is 75.1 Å². The zero-order chi connectivity index (χ0) is 20.5. The minimum Gasteiger partial charge on any atom is -0.545 e. The van der Waals surface area contributed by atoms with Gasteiger partial charge in [-0.3, -0.25) is 15.0 Å². The molecule has 0 unspecified atom stereocenters. The van der Waals surface area contributed by atoms with Crippen LogP contribution < -0.4 is 15.5 Å². The number of aromatic carboxylic acids is 1. The monoisotopic (exact) mass is 451 g/mol. The largest absolute Gasteiger partial charge is 0.545 e. The van der Waals surface area contributed by atoms with E-state index in [1.54, 1.807) is 54.6 Å². The molecule has 4 rings (SSSR count). The summed E-state index contributed by atoms with van der Waals surface area (Å²) >= 11 is 3.33. The quantitative estimate of drug-likeness (QED) is 0.484. The Kier molecular flexibility index (Phi) is 4.77. The number of nitrogens with zero attached hydrogens (tertiary/aromatic N) is 1. The average molecular weight is 452 g/mol. The van der Waals surface area contributed by atoms with Crippen LogP contribution in [-0.4, -0.2) is 17.8 Å². The lowest BCUT2D eigenvalue weighted by Crippen LogP contribution is -2.35. The van der Waals surface area contributed by atoms with Gasteiger partial charge in [-0.1, -0.05) is 46.3 Å². The summed E-state index contributed by atoms with van der Waals surface area (Å²) < 4.78 is 6.41. The molecule has 144 valence electrons. The molecule has 1 aliphatic rings. The predicted molar refractivity (Wildman–Crippen MR) is 106 cm³/mol. The second-order valence-corrected chi connectivity index (χ2v) is 7.07. The number of carbonyl (C=O) groups excluding carboxylic acids is 3. The molecule has 2 aromatic carbocycles. The van der Waals surface area contributed by atoms with Gasteiger partial charge in [0, 0.05) is 15.6 Å². The first-order valence-electron chi connectivity index (χ1n) is 8.47. The van der Waals surface area contributed by atoms with Crippen LogP contribution in [0, 0.1) is 0 Å². The van der Waals surface area contributed by atoms with Crippen molar-refractivity contribution < 1.29 is 23.9 Å². The van der Waals surface area contributed by atoms with Gasteiger partial charge in [0.1, 0.15) is 17.1 Å².